The average Bonchev–Trinajstić information content (AvgIpc) is 2.42. The number of alkyl halides is 3. The van der Waals surface area contributed by atoms with Crippen molar-refractivity contribution in [3.05, 3.63) is 29.8 Å². The quantitative estimate of drug-likeness (QED) is 0.784. The zero-order chi connectivity index (χ0) is 16.1. The second kappa shape index (κ2) is 7.13. The minimum absolute atomic E-state index is 0.183. The zero-order valence-corrected chi connectivity index (χ0v) is 12.6. The van der Waals surface area contributed by atoms with Crippen LogP contribution in [0.1, 0.15) is 31.7 Å². The number of nitrogens with one attached hydrogen (secondary N) is 1. The summed E-state index contributed by atoms with van der Waals surface area (Å²) in [5, 5.41) is 0. The number of rotatable bonds is 7. The van der Waals surface area contributed by atoms with Crippen LogP contribution in [0.3, 0.4) is 0 Å². The highest BCUT2D eigenvalue weighted by molar-refractivity contribution is 7.90. The summed E-state index contributed by atoms with van der Waals surface area (Å²) in [6, 6.07) is 7.17. The first kappa shape index (κ1) is 17.8. The van der Waals surface area contributed by atoms with Gasteiger partial charge in [0.2, 0.25) is 0 Å². The molecule has 1 rings (SSSR count). The summed E-state index contributed by atoms with van der Waals surface area (Å²) in [6.45, 7) is 3.52. The van der Waals surface area contributed by atoms with Crippen molar-refractivity contribution in [1.82, 2.24) is 4.72 Å². The number of halogens is 3. The Balaban J connectivity index is 2.44. The summed E-state index contributed by atoms with van der Waals surface area (Å²) in [4.78, 5) is 0. The molecule has 0 saturated heterocycles. The molecule has 120 valence electrons. The van der Waals surface area contributed by atoms with E-state index in [1.54, 1.807) is 12.1 Å². The van der Waals surface area contributed by atoms with E-state index in [0.29, 0.717) is 11.7 Å². The first-order valence-electron chi connectivity index (χ1n) is 6.46. The predicted octanol–water partition coefficient (Wildman–Crippen LogP) is 3.02. The lowest BCUT2D eigenvalue weighted by Gasteiger charge is -2.12. The van der Waals surface area contributed by atoms with E-state index >= 15 is 0 Å². The Labute approximate surface area is 122 Å². The number of ether oxygens (including phenoxy) is 1. The van der Waals surface area contributed by atoms with E-state index in [2.05, 4.69) is 13.8 Å². The van der Waals surface area contributed by atoms with E-state index in [1.165, 1.54) is 4.72 Å². The third-order valence-corrected chi connectivity index (χ3v) is 4.22. The largest absolute Gasteiger partial charge is 0.511 e. The van der Waals surface area contributed by atoms with Gasteiger partial charge >= 0.3 is 15.5 Å². The molecule has 0 amide bonds. The summed E-state index contributed by atoms with van der Waals surface area (Å²) >= 11 is 0. The Morgan fingerprint density at radius 3 is 2.29 bits per heavy atom. The minimum Gasteiger partial charge on any atom is -0.492 e. The van der Waals surface area contributed by atoms with Gasteiger partial charge in [-0.3, -0.25) is 0 Å². The molecule has 0 radical (unpaired) electrons. The van der Waals surface area contributed by atoms with E-state index in [0.717, 1.165) is 12.0 Å². The molecule has 0 aliphatic heterocycles. The summed E-state index contributed by atoms with van der Waals surface area (Å²) in [7, 11) is -5.30. The fourth-order valence-electron chi connectivity index (χ4n) is 1.56. The van der Waals surface area contributed by atoms with E-state index in [1.807, 2.05) is 12.1 Å². The molecule has 21 heavy (non-hydrogen) atoms. The van der Waals surface area contributed by atoms with Crippen molar-refractivity contribution in [2.45, 2.75) is 31.7 Å². The van der Waals surface area contributed by atoms with Crippen LogP contribution in [0.15, 0.2) is 24.3 Å². The van der Waals surface area contributed by atoms with Crippen molar-refractivity contribution in [2.75, 3.05) is 13.2 Å². The van der Waals surface area contributed by atoms with Gasteiger partial charge in [0.1, 0.15) is 12.4 Å². The molecule has 1 aromatic rings. The van der Waals surface area contributed by atoms with Gasteiger partial charge in [-0.25, -0.2) is 13.1 Å². The number of sulfonamides is 1. The summed E-state index contributed by atoms with van der Waals surface area (Å²) in [5.74, 6) is 0.894. The monoisotopic (exact) mass is 325 g/mol. The van der Waals surface area contributed by atoms with Crippen molar-refractivity contribution < 1.29 is 26.3 Å². The van der Waals surface area contributed by atoms with Crippen molar-refractivity contribution in [3.63, 3.8) is 0 Å². The summed E-state index contributed by atoms with van der Waals surface area (Å²) < 4.78 is 64.2. The van der Waals surface area contributed by atoms with Crippen LogP contribution in [0.5, 0.6) is 5.75 Å². The van der Waals surface area contributed by atoms with Gasteiger partial charge < -0.3 is 4.74 Å². The molecule has 0 aliphatic rings. The van der Waals surface area contributed by atoms with Gasteiger partial charge in [0.25, 0.3) is 0 Å². The number of hydrogen-bond acceptors (Lipinski definition) is 3. The maximum Gasteiger partial charge on any atom is 0.511 e. The third-order valence-electron chi connectivity index (χ3n) is 3.03. The van der Waals surface area contributed by atoms with Crippen LogP contribution in [-0.4, -0.2) is 27.1 Å². The van der Waals surface area contributed by atoms with Crippen LogP contribution in [0, 0.1) is 0 Å². The molecule has 0 aromatic heterocycles. The molecular formula is C13H18F3NO3S. The minimum atomic E-state index is -5.30. The fraction of sp³-hybridized carbons (Fsp3) is 0.538. The molecule has 1 N–H and O–H groups in total. The average molecular weight is 325 g/mol. The highest BCUT2D eigenvalue weighted by Gasteiger charge is 2.45. The zero-order valence-electron chi connectivity index (χ0n) is 11.8. The van der Waals surface area contributed by atoms with E-state index in [9.17, 15) is 21.6 Å². The number of benzene rings is 1. The molecule has 1 aromatic carbocycles. The molecule has 4 nitrogen and oxygen atoms in total. The van der Waals surface area contributed by atoms with E-state index < -0.39 is 22.1 Å². The van der Waals surface area contributed by atoms with Gasteiger partial charge in [-0.1, -0.05) is 26.0 Å². The number of hydrogen-bond donors (Lipinski definition) is 1. The summed E-state index contributed by atoms with van der Waals surface area (Å²) in [6.07, 6.45) is 0.999. The lowest BCUT2D eigenvalue weighted by atomic mass is 9.99. The molecule has 0 saturated carbocycles. The van der Waals surface area contributed by atoms with Crippen molar-refractivity contribution in [2.24, 2.45) is 0 Å². The standard InChI is InChI=1S/C13H18F3NO3S/c1-3-10(2)11-4-6-12(7-5-11)20-9-8-17-21(18,19)13(14,15)16/h4-7,10,17H,3,8-9H2,1-2H3. The lowest BCUT2D eigenvalue weighted by molar-refractivity contribution is -0.0448. The Hall–Kier alpha value is -1.28. The van der Waals surface area contributed by atoms with E-state index in [4.69, 9.17) is 4.74 Å². The van der Waals surface area contributed by atoms with Crippen molar-refractivity contribution >= 4 is 10.0 Å². The highest BCUT2D eigenvalue weighted by atomic mass is 32.2. The van der Waals surface area contributed by atoms with Gasteiger partial charge in [0.05, 0.1) is 0 Å². The Bertz CT molecular complexity index is 541. The van der Waals surface area contributed by atoms with Gasteiger partial charge in [-0.15, -0.1) is 0 Å². The molecule has 1 atom stereocenters. The van der Waals surface area contributed by atoms with Crippen LogP contribution in [0.2, 0.25) is 0 Å². The molecule has 0 bridgehead atoms. The Morgan fingerprint density at radius 2 is 1.81 bits per heavy atom. The van der Waals surface area contributed by atoms with Gasteiger partial charge in [-0.05, 0) is 30.0 Å². The fourth-order valence-corrected chi connectivity index (χ4v) is 2.07. The van der Waals surface area contributed by atoms with Gasteiger partial charge in [0, 0.05) is 6.54 Å². The van der Waals surface area contributed by atoms with Crippen molar-refractivity contribution in [1.29, 1.82) is 0 Å². The molecular weight excluding hydrogens is 307 g/mol. The summed E-state index contributed by atoms with van der Waals surface area (Å²) in [5.41, 5.74) is -4.16. The maximum atomic E-state index is 12.0. The molecule has 1 unspecified atom stereocenters. The van der Waals surface area contributed by atoms with Crippen LogP contribution in [-0.2, 0) is 10.0 Å². The molecule has 0 fully saturated rings. The Kier molecular flexibility index (Phi) is 6.03. The van der Waals surface area contributed by atoms with Crippen LogP contribution in [0.25, 0.3) is 0 Å². The third kappa shape index (κ3) is 5.20. The first-order chi connectivity index (χ1) is 9.67. The Morgan fingerprint density at radius 1 is 1.24 bits per heavy atom. The van der Waals surface area contributed by atoms with Gasteiger partial charge in [0.15, 0.2) is 0 Å². The smallest absolute Gasteiger partial charge is 0.492 e. The maximum absolute atomic E-state index is 12.0. The second-order valence-corrected chi connectivity index (χ2v) is 6.33. The topological polar surface area (TPSA) is 55.4 Å². The molecule has 0 aliphatic carbocycles. The van der Waals surface area contributed by atoms with Crippen LogP contribution < -0.4 is 9.46 Å². The van der Waals surface area contributed by atoms with Gasteiger partial charge in [-0.2, -0.15) is 13.2 Å². The van der Waals surface area contributed by atoms with Crippen LogP contribution in [0.4, 0.5) is 13.2 Å². The van der Waals surface area contributed by atoms with Crippen molar-refractivity contribution in [3.8, 4) is 5.75 Å². The molecule has 0 spiro atoms. The lowest BCUT2D eigenvalue weighted by Crippen LogP contribution is -2.38. The SMILES string of the molecule is CCC(C)c1ccc(OCCNS(=O)(=O)C(F)(F)F)cc1. The highest BCUT2D eigenvalue weighted by Crippen LogP contribution is 2.22. The van der Waals surface area contributed by atoms with E-state index in [-0.39, 0.29) is 6.61 Å². The molecule has 0 heterocycles. The second-order valence-electron chi connectivity index (χ2n) is 4.57. The molecule has 8 heteroatoms. The predicted molar refractivity (Wildman–Crippen MR) is 73.6 cm³/mol. The normalized spacial score (nSPS) is 14.0. The van der Waals surface area contributed by atoms with Crippen LogP contribution >= 0.6 is 0 Å². The first-order valence-corrected chi connectivity index (χ1v) is 7.94.